The molecule has 2 aromatic rings. The van der Waals surface area contributed by atoms with Gasteiger partial charge in [0.15, 0.2) is 5.76 Å². The van der Waals surface area contributed by atoms with Crippen LogP contribution < -0.4 is 5.32 Å². The van der Waals surface area contributed by atoms with Gasteiger partial charge in [0.1, 0.15) is 23.9 Å². The third-order valence-corrected chi connectivity index (χ3v) is 2.25. The molecule has 2 heterocycles. The predicted molar refractivity (Wildman–Crippen MR) is 69.6 cm³/mol. The third-order valence-electron chi connectivity index (χ3n) is 2.25. The second-order valence-electron chi connectivity index (χ2n) is 3.73. The zero-order valence-corrected chi connectivity index (χ0v) is 10.3. The molecule has 0 aromatic carbocycles. The van der Waals surface area contributed by atoms with Gasteiger partial charge in [-0.05, 0) is 37.1 Å². The Labute approximate surface area is 110 Å². The Balaban J connectivity index is 2.13. The van der Waals surface area contributed by atoms with E-state index < -0.39 is 0 Å². The molecule has 19 heavy (non-hydrogen) atoms. The van der Waals surface area contributed by atoms with Crippen molar-refractivity contribution in [2.45, 2.75) is 6.92 Å². The van der Waals surface area contributed by atoms with E-state index >= 15 is 0 Å². The molecule has 0 aliphatic heterocycles. The van der Waals surface area contributed by atoms with Crippen LogP contribution in [0, 0.1) is 18.8 Å². The lowest BCUT2D eigenvalue weighted by Crippen LogP contribution is -2.12. The van der Waals surface area contributed by atoms with Crippen molar-refractivity contribution in [1.82, 2.24) is 4.98 Å². The summed E-state index contributed by atoms with van der Waals surface area (Å²) in [6.07, 6.45) is 0. The molecule has 0 bridgehead atoms. The first-order valence-corrected chi connectivity index (χ1v) is 5.63. The number of pyridine rings is 1. The van der Waals surface area contributed by atoms with E-state index in [0.29, 0.717) is 17.3 Å². The summed E-state index contributed by atoms with van der Waals surface area (Å²) in [5.74, 6) is 6.06. The van der Waals surface area contributed by atoms with Gasteiger partial charge in [0.2, 0.25) is 0 Å². The average molecular weight is 256 g/mol. The minimum absolute atomic E-state index is 0.228. The lowest BCUT2D eigenvalue weighted by atomic mass is 10.3. The number of aromatic nitrogens is 1. The third kappa shape index (κ3) is 3.44. The van der Waals surface area contributed by atoms with Crippen molar-refractivity contribution in [2.24, 2.45) is 0 Å². The first-order chi connectivity index (χ1) is 9.19. The fourth-order valence-electron chi connectivity index (χ4n) is 1.44. The highest BCUT2D eigenvalue weighted by atomic mass is 16.3. The number of carbonyl (C=O) groups is 1. The molecular formula is C14H12N2O3. The smallest absolute Gasteiger partial charge is 0.292 e. The van der Waals surface area contributed by atoms with Gasteiger partial charge in [-0.2, -0.15) is 0 Å². The molecule has 0 radical (unpaired) electrons. The number of aliphatic hydroxyl groups is 1. The molecule has 0 fully saturated rings. The normalized spacial score (nSPS) is 9.58. The number of hydrogen-bond donors (Lipinski definition) is 2. The summed E-state index contributed by atoms with van der Waals surface area (Å²) < 4.78 is 5.21. The summed E-state index contributed by atoms with van der Waals surface area (Å²) in [7, 11) is 0. The Morgan fingerprint density at radius 3 is 2.95 bits per heavy atom. The van der Waals surface area contributed by atoms with E-state index in [1.165, 1.54) is 0 Å². The Morgan fingerprint density at radius 2 is 2.26 bits per heavy atom. The van der Waals surface area contributed by atoms with Crippen molar-refractivity contribution in [3.63, 3.8) is 0 Å². The van der Waals surface area contributed by atoms with Crippen LogP contribution in [0.15, 0.2) is 34.7 Å². The fourth-order valence-corrected chi connectivity index (χ4v) is 1.44. The van der Waals surface area contributed by atoms with Crippen LogP contribution in [0.2, 0.25) is 0 Å². The Kier molecular flexibility index (Phi) is 3.96. The molecule has 0 aliphatic carbocycles. The largest absolute Gasteiger partial charge is 0.456 e. The molecule has 0 saturated heterocycles. The van der Waals surface area contributed by atoms with Gasteiger partial charge in [-0.25, -0.2) is 4.98 Å². The summed E-state index contributed by atoms with van der Waals surface area (Å²) >= 11 is 0. The standard InChI is InChI=1S/C14H12N2O3/c1-10-7-8-12(19-10)14(18)16-13-6-2-4-11(15-13)5-3-9-17/h2,4,6-8,17H,9H2,1H3,(H,15,16,18). The molecule has 1 amide bonds. The highest BCUT2D eigenvalue weighted by Gasteiger charge is 2.10. The van der Waals surface area contributed by atoms with E-state index in [4.69, 9.17) is 9.52 Å². The molecule has 2 aromatic heterocycles. The van der Waals surface area contributed by atoms with Crippen LogP contribution in [0.3, 0.4) is 0 Å². The quantitative estimate of drug-likeness (QED) is 0.800. The molecule has 5 heteroatoms. The number of aliphatic hydroxyl groups excluding tert-OH is 1. The van der Waals surface area contributed by atoms with Gasteiger partial charge >= 0.3 is 0 Å². The summed E-state index contributed by atoms with van der Waals surface area (Å²) in [6, 6.07) is 8.37. The number of nitrogens with zero attached hydrogens (tertiary/aromatic N) is 1. The van der Waals surface area contributed by atoms with E-state index in [1.807, 2.05) is 0 Å². The number of carbonyl (C=O) groups excluding carboxylic acids is 1. The molecule has 0 atom stereocenters. The molecule has 0 unspecified atom stereocenters. The monoisotopic (exact) mass is 256 g/mol. The maximum absolute atomic E-state index is 11.8. The lowest BCUT2D eigenvalue weighted by Gasteiger charge is -2.02. The maximum Gasteiger partial charge on any atom is 0.292 e. The first kappa shape index (κ1) is 12.9. The Hall–Kier alpha value is -2.58. The van der Waals surface area contributed by atoms with Crippen LogP contribution in [0.5, 0.6) is 0 Å². The molecule has 0 spiro atoms. The van der Waals surface area contributed by atoms with Crippen LogP contribution in [0.1, 0.15) is 22.0 Å². The van der Waals surface area contributed by atoms with Gasteiger partial charge in [-0.1, -0.05) is 12.0 Å². The van der Waals surface area contributed by atoms with Crippen LogP contribution >= 0.6 is 0 Å². The zero-order valence-electron chi connectivity index (χ0n) is 10.3. The topological polar surface area (TPSA) is 75.4 Å². The van der Waals surface area contributed by atoms with E-state index in [0.717, 1.165) is 0 Å². The molecular weight excluding hydrogens is 244 g/mol. The molecule has 2 rings (SSSR count). The van der Waals surface area contributed by atoms with Crippen LogP contribution in [-0.2, 0) is 0 Å². The van der Waals surface area contributed by atoms with E-state index in [-0.39, 0.29) is 18.3 Å². The van der Waals surface area contributed by atoms with Crippen LogP contribution in [0.25, 0.3) is 0 Å². The number of hydrogen-bond acceptors (Lipinski definition) is 4. The maximum atomic E-state index is 11.8. The van der Waals surface area contributed by atoms with Gasteiger partial charge in [-0.3, -0.25) is 4.79 Å². The van der Waals surface area contributed by atoms with Crippen molar-refractivity contribution in [3.8, 4) is 11.8 Å². The van der Waals surface area contributed by atoms with Gasteiger partial charge < -0.3 is 14.8 Å². The predicted octanol–water partition coefficient (Wildman–Crippen LogP) is 1.58. The number of anilines is 1. The number of aryl methyl sites for hydroxylation is 1. The summed E-state index contributed by atoms with van der Waals surface area (Å²) in [5, 5.41) is 11.2. The lowest BCUT2D eigenvalue weighted by molar-refractivity contribution is 0.0995. The highest BCUT2D eigenvalue weighted by Crippen LogP contribution is 2.10. The highest BCUT2D eigenvalue weighted by molar-refractivity contribution is 6.01. The van der Waals surface area contributed by atoms with Crippen LogP contribution in [-0.4, -0.2) is 22.6 Å². The summed E-state index contributed by atoms with van der Waals surface area (Å²) in [4.78, 5) is 16.0. The Bertz CT molecular complexity index is 650. The molecule has 0 saturated carbocycles. The van der Waals surface area contributed by atoms with Crippen molar-refractivity contribution in [1.29, 1.82) is 0 Å². The zero-order chi connectivity index (χ0) is 13.7. The van der Waals surface area contributed by atoms with Crippen molar-refractivity contribution >= 4 is 11.7 Å². The van der Waals surface area contributed by atoms with Gasteiger partial charge in [0.05, 0.1) is 0 Å². The summed E-state index contributed by atoms with van der Waals surface area (Å²) in [5.41, 5.74) is 0.475. The minimum Gasteiger partial charge on any atom is -0.456 e. The van der Waals surface area contributed by atoms with E-state index in [2.05, 4.69) is 22.1 Å². The number of nitrogens with one attached hydrogen (secondary N) is 1. The number of furan rings is 1. The number of amides is 1. The minimum atomic E-state index is -0.368. The molecule has 96 valence electrons. The molecule has 2 N–H and O–H groups in total. The van der Waals surface area contributed by atoms with Gasteiger partial charge in [0, 0.05) is 0 Å². The summed E-state index contributed by atoms with van der Waals surface area (Å²) in [6.45, 7) is 1.53. The average Bonchev–Trinajstić information content (AvgIpc) is 2.83. The SMILES string of the molecule is Cc1ccc(C(=O)Nc2cccc(C#CCO)n2)o1. The Morgan fingerprint density at radius 1 is 1.42 bits per heavy atom. The molecule has 0 aliphatic rings. The second-order valence-corrected chi connectivity index (χ2v) is 3.73. The first-order valence-electron chi connectivity index (χ1n) is 5.63. The van der Waals surface area contributed by atoms with Crippen LogP contribution in [0.4, 0.5) is 5.82 Å². The van der Waals surface area contributed by atoms with Gasteiger partial charge in [-0.15, -0.1) is 0 Å². The number of rotatable bonds is 2. The van der Waals surface area contributed by atoms with E-state index in [1.54, 1.807) is 37.3 Å². The fraction of sp³-hybridized carbons (Fsp3) is 0.143. The second kappa shape index (κ2) is 5.85. The van der Waals surface area contributed by atoms with Crippen molar-refractivity contribution in [2.75, 3.05) is 11.9 Å². The molecule has 5 nitrogen and oxygen atoms in total. The van der Waals surface area contributed by atoms with Crippen molar-refractivity contribution < 1.29 is 14.3 Å². The van der Waals surface area contributed by atoms with Crippen molar-refractivity contribution in [3.05, 3.63) is 47.5 Å². The van der Waals surface area contributed by atoms with E-state index in [9.17, 15) is 4.79 Å². The van der Waals surface area contributed by atoms with Gasteiger partial charge in [0.25, 0.3) is 5.91 Å².